The average molecular weight is 499 g/mol. The first-order valence-electron chi connectivity index (χ1n) is 10.5. The van der Waals surface area contributed by atoms with E-state index in [-0.39, 0.29) is 30.9 Å². The minimum atomic E-state index is -3.28. The second-order valence-electron chi connectivity index (χ2n) is 9.18. The molecule has 2 N–H and O–H groups in total. The van der Waals surface area contributed by atoms with E-state index in [1.807, 2.05) is 25.1 Å². The van der Waals surface area contributed by atoms with E-state index in [1.54, 1.807) is 18.0 Å². The van der Waals surface area contributed by atoms with Crippen molar-refractivity contribution >= 4 is 41.8 Å². The second kappa shape index (κ2) is 7.69. The van der Waals surface area contributed by atoms with Gasteiger partial charge in [-0.2, -0.15) is 0 Å². The zero-order valence-electron chi connectivity index (χ0n) is 17.5. The molecule has 0 aromatic heterocycles. The number of nitrogens with zero attached hydrogens (tertiary/aromatic N) is 1. The Hall–Kier alpha value is -1.29. The van der Waals surface area contributed by atoms with Gasteiger partial charge in [-0.15, -0.1) is 0 Å². The Balaban J connectivity index is 1.69. The van der Waals surface area contributed by atoms with Gasteiger partial charge in [0.15, 0.2) is 5.60 Å². The molecule has 9 heteroatoms. The fourth-order valence-electron chi connectivity index (χ4n) is 5.68. The van der Waals surface area contributed by atoms with Crippen LogP contribution in [-0.2, 0) is 19.9 Å². The SMILES string of the molecule is C[C@@H]1[C@@H]([Si](C)(C)F)[C@H](CC(=O)N2CCC[C@H]2CO)O[C@@]12C(=O)Nc1ccc(Br)cc12. The molecule has 2 fully saturated rings. The van der Waals surface area contributed by atoms with Crippen molar-refractivity contribution in [3.63, 3.8) is 0 Å². The fourth-order valence-corrected chi connectivity index (χ4v) is 8.54. The van der Waals surface area contributed by atoms with Crippen LogP contribution in [0.3, 0.4) is 0 Å². The van der Waals surface area contributed by atoms with Crippen molar-refractivity contribution in [2.24, 2.45) is 5.92 Å². The maximum absolute atomic E-state index is 15.5. The van der Waals surface area contributed by atoms with Gasteiger partial charge in [-0.3, -0.25) is 9.59 Å². The summed E-state index contributed by atoms with van der Waals surface area (Å²) in [6.45, 7) is 5.62. The summed E-state index contributed by atoms with van der Waals surface area (Å²) < 4.78 is 22.8. The number of anilines is 1. The lowest BCUT2D eigenvalue weighted by molar-refractivity contribution is -0.148. The van der Waals surface area contributed by atoms with Crippen molar-refractivity contribution in [2.75, 3.05) is 18.5 Å². The quantitative estimate of drug-likeness (QED) is 0.491. The molecule has 6 nitrogen and oxygen atoms in total. The Morgan fingerprint density at radius 3 is 2.87 bits per heavy atom. The molecule has 0 radical (unpaired) electrons. The van der Waals surface area contributed by atoms with Crippen LogP contribution < -0.4 is 5.32 Å². The number of hydrogen-bond acceptors (Lipinski definition) is 4. The summed E-state index contributed by atoms with van der Waals surface area (Å²) >= 11 is 3.46. The van der Waals surface area contributed by atoms with Crippen LogP contribution >= 0.6 is 15.9 Å². The number of aliphatic hydroxyl groups excluding tert-OH is 1. The molecule has 1 aromatic carbocycles. The number of halogens is 2. The first-order chi connectivity index (χ1) is 14.1. The predicted octanol–water partition coefficient (Wildman–Crippen LogP) is 3.55. The van der Waals surface area contributed by atoms with Gasteiger partial charge >= 0.3 is 0 Å². The molecule has 5 atom stereocenters. The first-order valence-corrected chi connectivity index (χ1v) is 14.2. The maximum Gasteiger partial charge on any atom is 0.261 e. The van der Waals surface area contributed by atoms with Crippen molar-refractivity contribution in [1.29, 1.82) is 0 Å². The molecule has 3 heterocycles. The largest absolute Gasteiger partial charge is 0.394 e. The van der Waals surface area contributed by atoms with Crippen LogP contribution in [0.15, 0.2) is 22.7 Å². The van der Waals surface area contributed by atoms with E-state index in [2.05, 4.69) is 21.2 Å². The molecule has 3 aliphatic rings. The lowest BCUT2D eigenvalue weighted by Gasteiger charge is -2.31. The Bertz CT molecular complexity index is 879. The van der Waals surface area contributed by atoms with Crippen molar-refractivity contribution in [3.8, 4) is 0 Å². The highest BCUT2D eigenvalue weighted by atomic mass is 79.9. The number of fused-ring (bicyclic) bond motifs is 2. The van der Waals surface area contributed by atoms with Crippen LogP contribution in [0.4, 0.5) is 9.80 Å². The molecule has 2 saturated heterocycles. The third-order valence-corrected chi connectivity index (χ3v) is 9.91. The van der Waals surface area contributed by atoms with Crippen molar-refractivity contribution in [2.45, 2.75) is 62.6 Å². The molecule has 0 aliphatic carbocycles. The third-order valence-electron chi connectivity index (χ3n) is 6.96. The molecule has 0 unspecified atom stereocenters. The van der Waals surface area contributed by atoms with Crippen molar-refractivity contribution < 1.29 is 23.5 Å². The Labute approximate surface area is 185 Å². The number of aliphatic hydroxyl groups is 1. The highest BCUT2D eigenvalue weighted by molar-refractivity contribution is 9.10. The van der Waals surface area contributed by atoms with Gasteiger partial charge in [0.05, 0.1) is 25.2 Å². The topological polar surface area (TPSA) is 78.9 Å². The highest BCUT2D eigenvalue weighted by Crippen LogP contribution is 2.59. The van der Waals surface area contributed by atoms with Gasteiger partial charge in [-0.05, 0) is 44.1 Å². The monoisotopic (exact) mass is 498 g/mol. The van der Waals surface area contributed by atoms with Crippen LogP contribution in [-0.4, -0.2) is 55.5 Å². The number of carbonyl (C=O) groups excluding carboxylic acids is 2. The summed E-state index contributed by atoms with van der Waals surface area (Å²) in [5, 5.41) is 12.5. The van der Waals surface area contributed by atoms with E-state index >= 15 is 4.11 Å². The van der Waals surface area contributed by atoms with Crippen LogP contribution in [0, 0.1) is 5.92 Å². The summed E-state index contributed by atoms with van der Waals surface area (Å²) in [6.07, 6.45) is 0.948. The number of likely N-dealkylation sites (tertiary alicyclic amines) is 1. The van der Waals surface area contributed by atoms with Gasteiger partial charge < -0.3 is 24.2 Å². The molecule has 4 rings (SSSR count). The number of carbonyl (C=O) groups is 2. The van der Waals surface area contributed by atoms with Crippen LogP contribution in [0.2, 0.25) is 18.6 Å². The van der Waals surface area contributed by atoms with Crippen LogP contribution in [0.1, 0.15) is 31.7 Å². The summed E-state index contributed by atoms with van der Waals surface area (Å²) in [6, 6.07) is 5.31. The molecular weight excluding hydrogens is 471 g/mol. The zero-order valence-corrected chi connectivity index (χ0v) is 20.0. The Morgan fingerprint density at radius 2 is 2.20 bits per heavy atom. The number of rotatable bonds is 4. The predicted molar refractivity (Wildman–Crippen MR) is 117 cm³/mol. The summed E-state index contributed by atoms with van der Waals surface area (Å²) in [4.78, 5) is 27.9. The summed E-state index contributed by atoms with van der Waals surface area (Å²) in [5.74, 6) is -0.850. The molecule has 164 valence electrons. The van der Waals surface area contributed by atoms with E-state index in [4.69, 9.17) is 4.74 Å². The maximum atomic E-state index is 15.5. The molecule has 3 aliphatic heterocycles. The van der Waals surface area contributed by atoms with Gasteiger partial charge in [0.1, 0.15) is 0 Å². The minimum absolute atomic E-state index is 0.0181. The molecule has 1 spiro atoms. The third kappa shape index (κ3) is 3.34. The summed E-state index contributed by atoms with van der Waals surface area (Å²) in [5.41, 5.74) is -0.444. The molecule has 1 aromatic rings. The number of benzene rings is 1. The smallest absolute Gasteiger partial charge is 0.261 e. The molecule has 2 amide bonds. The van der Waals surface area contributed by atoms with E-state index < -0.39 is 31.6 Å². The van der Waals surface area contributed by atoms with Crippen LogP contribution in [0.25, 0.3) is 0 Å². The Kier molecular flexibility index (Phi) is 5.62. The number of ether oxygens (including phenoxy) is 1. The first kappa shape index (κ1) is 21.9. The molecule has 0 saturated carbocycles. The second-order valence-corrected chi connectivity index (χ2v) is 13.9. The number of nitrogens with one attached hydrogen (secondary N) is 1. The lowest BCUT2D eigenvalue weighted by atomic mass is 9.82. The standard InChI is InChI=1S/C21H28BrFN2O4Si/c1-12-19(30(2,3)23)17(10-18(27)25-8-4-5-14(25)11-26)29-21(12)15-9-13(22)6-7-16(15)24-20(21)28/h6-7,9,12,14,17,19,26H,4-5,8,10-11H2,1-3H3,(H,24,28)/t12-,14+,17+,19-,21+/m1/s1. The molecular formula is C21H28BrFN2O4Si. The Morgan fingerprint density at radius 1 is 1.47 bits per heavy atom. The van der Waals surface area contributed by atoms with Gasteiger partial charge in [-0.25, -0.2) is 0 Å². The van der Waals surface area contributed by atoms with Crippen molar-refractivity contribution in [3.05, 3.63) is 28.2 Å². The van der Waals surface area contributed by atoms with Crippen LogP contribution in [0.5, 0.6) is 0 Å². The van der Waals surface area contributed by atoms with E-state index in [0.29, 0.717) is 17.8 Å². The lowest BCUT2D eigenvalue weighted by Crippen LogP contribution is -2.42. The summed E-state index contributed by atoms with van der Waals surface area (Å²) in [7, 11) is -3.28. The van der Waals surface area contributed by atoms with Gasteiger partial charge in [0.25, 0.3) is 5.91 Å². The van der Waals surface area contributed by atoms with E-state index in [9.17, 15) is 14.7 Å². The van der Waals surface area contributed by atoms with Crippen molar-refractivity contribution in [1.82, 2.24) is 4.90 Å². The fraction of sp³-hybridized carbons (Fsp3) is 0.619. The van der Waals surface area contributed by atoms with Gasteiger partial charge in [0, 0.05) is 33.7 Å². The van der Waals surface area contributed by atoms with E-state index in [1.165, 1.54) is 0 Å². The minimum Gasteiger partial charge on any atom is -0.394 e. The number of amides is 2. The van der Waals surface area contributed by atoms with Gasteiger partial charge in [-0.1, -0.05) is 22.9 Å². The molecule has 0 bridgehead atoms. The normalized spacial score (nSPS) is 33.3. The number of hydrogen-bond donors (Lipinski definition) is 2. The zero-order chi connectivity index (χ0) is 21.8. The van der Waals surface area contributed by atoms with Gasteiger partial charge in [0.2, 0.25) is 14.3 Å². The van der Waals surface area contributed by atoms with E-state index in [0.717, 1.165) is 17.3 Å². The average Bonchev–Trinajstić information content (AvgIpc) is 3.32. The molecule has 30 heavy (non-hydrogen) atoms. The highest BCUT2D eigenvalue weighted by Gasteiger charge is 2.65.